The molecule has 1 aliphatic rings. The highest BCUT2D eigenvalue weighted by atomic mass is 32.2. The van der Waals surface area contributed by atoms with Gasteiger partial charge in [-0.3, -0.25) is 4.79 Å². The average molecular weight is 346 g/mol. The lowest BCUT2D eigenvalue weighted by molar-refractivity contribution is -0.129. The first-order chi connectivity index (χ1) is 11.5. The summed E-state index contributed by atoms with van der Waals surface area (Å²) in [7, 11) is -3.37. The third-order valence-electron chi connectivity index (χ3n) is 4.62. The van der Waals surface area contributed by atoms with Crippen LogP contribution < -0.4 is 4.72 Å². The molecule has 24 heavy (non-hydrogen) atoms. The van der Waals surface area contributed by atoms with Gasteiger partial charge in [0.05, 0.1) is 5.25 Å². The molecule has 0 radical (unpaired) electrons. The van der Waals surface area contributed by atoms with Gasteiger partial charge in [-0.25, -0.2) is 13.1 Å². The molecule has 2 aromatic rings. The van der Waals surface area contributed by atoms with E-state index in [1.807, 2.05) is 42.5 Å². The summed E-state index contributed by atoms with van der Waals surface area (Å²) >= 11 is 0. The van der Waals surface area contributed by atoms with Crippen LogP contribution in [0, 0.1) is 0 Å². The maximum absolute atomic E-state index is 12.5. The Kier molecular flexibility index (Phi) is 4.87. The minimum absolute atomic E-state index is 0.00923. The second-order valence-corrected chi connectivity index (χ2v) is 8.30. The van der Waals surface area contributed by atoms with Crippen molar-refractivity contribution >= 4 is 26.7 Å². The molecule has 3 rings (SSSR count). The molecule has 0 bridgehead atoms. The first-order valence-corrected chi connectivity index (χ1v) is 9.72. The second-order valence-electron chi connectivity index (χ2n) is 6.25. The number of amides is 1. The number of sulfonamides is 1. The van der Waals surface area contributed by atoms with Gasteiger partial charge in [0.2, 0.25) is 15.9 Å². The van der Waals surface area contributed by atoms with Gasteiger partial charge in [0.25, 0.3) is 0 Å². The Morgan fingerprint density at radius 2 is 1.79 bits per heavy atom. The van der Waals surface area contributed by atoms with Crippen molar-refractivity contribution in [1.29, 1.82) is 0 Å². The number of carbonyl (C=O) groups is 1. The molecule has 1 amide bonds. The maximum Gasteiger partial charge on any atom is 0.219 e. The second kappa shape index (κ2) is 6.91. The fraction of sp³-hybridized carbons (Fsp3) is 0.389. The van der Waals surface area contributed by atoms with Gasteiger partial charge in [-0.15, -0.1) is 0 Å². The van der Waals surface area contributed by atoms with Gasteiger partial charge in [0.15, 0.2) is 0 Å². The summed E-state index contributed by atoms with van der Waals surface area (Å²) in [5.74, 6) is 0.00923. The molecule has 0 aliphatic carbocycles. The first kappa shape index (κ1) is 16.9. The highest BCUT2D eigenvalue weighted by Gasteiger charge is 2.30. The van der Waals surface area contributed by atoms with Gasteiger partial charge < -0.3 is 4.90 Å². The minimum atomic E-state index is -3.37. The highest BCUT2D eigenvalue weighted by molar-refractivity contribution is 7.90. The number of carbonyl (C=O) groups excluding carboxylic acids is 1. The fourth-order valence-electron chi connectivity index (χ4n) is 3.13. The zero-order chi connectivity index (χ0) is 17.2. The van der Waals surface area contributed by atoms with Crippen molar-refractivity contribution in [1.82, 2.24) is 9.62 Å². The normalized spacial score (nSPS) is 16.5. The van der Waals surface area contributed by atoms with Crippen molar-refractivity contribution < 1.29 is 13.2 Å². The van der Waals surface area contributed by atoms with Crippen molar-refractivity contribution in [3.8, 4) is 0 Å². The summed E-state index contributed by atoms with van der Waals surface area (Å²) in [4.78, 5) is 13.0. The Hall–Kier alpha value is -1.92. The molecule has 1 aliphatic heterocycles. The molecule has 1 heterocycles. The van der Waals surface area contributed by atoms with E-state index in [9.17, 15) is 13.2 Å². The summed E-state index contributed by atoms with van der Waals surface area (Å²) in [6.07, 6.45) is 0.985. The van der Waals surface area contributed by atoms with Crippen LogP contribution in [0.5, 0.6) is 0 Å². The largest absolute Gasteiger partial charge is 0.343 e. The zero-order valence-electron chi connectivity index (χ0n) is 13.7. The van der Waals surface area contributed by atoms with Gasteiger partial charge in [-0.1, -0.05) is 36.4 Å². The Balaban J connectivity index is 1.63. The van der Waals surface area contributed by atoms with Crippen LogP contribution in [0.15, 0.2) is 42.5 Å². The molecule has 1 N–H and O–H groups in total. The molecule has 0 atom stereocenters. The van der Waals surface area contributed by atoms with E-state index in [2.05, 4.69) is 4.72 Å². The lowest BCUT2D eigenvalue weighted by Crippen LogP contribution is -2.44. The van der Waals surface area contributed by atoms with E-state index in [-0.39, 0.29) is 5.91 Å². The molecule has 2 aromatic carbocycles. The third kappa shape index (κ3) is 3.76. The molecule has 5 nitrogen and oxygen atoms in total. The lowest BCUT2D eigenvalue weighted by atomic mass is 10.1. The molecule has 128 valence electrons. The van der Waals surface area contributed by atoms with E-state index in [4.69, 9.17) is 0 Å². The van der Waals surface area contributed by atoms with Gasteiger partial charge >= 0.3 is 0 Å². The quantitative estimate of drug-likeness (QED) is 0.923. The number of hydrogen-bond acceptors (Lipinski definition) is 3. The van der Waals surface area contributed by atoms with Crippen LogP contribution in [-0.4, -0.2) is 37.6 Å². The standard InChI is InChI=1S/C18H22N2O3S/c1-14(21)20-10-8-18(9-11-20)24(22,23)19-13-15-6-7-16-4-2-3-5-17(16)12-15/h2-7,12,18-19H,8-11,13H2,1H3. The molecular formula is C18H22N2O3S. The first-order valence-electron chi connectivity index (χ1n) is 8.17. The van der Waals surface area contributed by atoms with E-state index in [1.54, 1.807) is 4.90 Å². The predicted octanol–water partition coefficient (Wildman–Crippen LogP) is 2.27. The number of likely N-dealkylation sites (tertiary alicyclic amines) is 1. The molecule has 6 heteroatoms. The van der Waals surface area contributed by atoms with Gasteiger partial charge in [0.1, 0.15) is 0 Å². The maximum atomic E-state index is 12.5. The summed E-state index contributed by atoms with van der Waals surface area (Å²) < 4.78 is 27.7. The highest BCUT2D eigenvalue weighted by Crippen LogP contribution is 2.19. The van der Waals surface area contributed by atoms with Crippen LogP contribution in [0.1, 0.15) is 25.3 Å². The molecule has 0 spiro atoms. The number of hydrogen-bond donors (Lipinski definition) is 1. The molecule has 0 saturated carbocycles. The summed E-state index contributed by atoms with van der Waals surface area (Å²) in [5, 5.41) is 1.82. The van der Waals surface area contributed by atoms with Crippen molar-refractivity contribution in [2.24, 2.45) is 0 Å². The van der Waals surface area contributed by atoms with Crippen LogP contribution in [0.25, 0.3) is 10.8 Å². The number of nitrogens with zero attached hydrogens (tertiary/aromatic N) is 1. The molecular weight excluding hydrogens is 324 g/mol. The Morgan fingerprint density at radius 3 is 2.46 bits per heavy atom. The van der Waals surface area contributed by atoms with E-state index in [0.29, 0.717) is 32.5 Å². The summed E-state index contributed by atoms with van der Waals surface area (Å²) in [5.41, 5.74) is 0.943. The van der Waals surface area contributed by atoms with Crippen molar-refractivity contribution in [2.45, 2.75) is 31.6 Å². The molecule has 1 saturated heterocycles. The van der Waals surface area contributed by atoms with E-state index in [0.717, 1.165) is 16.3 Å². The third-order valence-corrected chi connectivity index (χ3v) is 6.51. The van der Waals surface area contributed by atoms with Crippen molar-refractivity contribution in [2.75, 3.05) is 13.1 Å². The van der Waals surface area contributed by atoms with Gasteiger partial charge in [-0.2, -0.15) is 0 Å². The van der Waals surface area contributed by atoms with E-state index in [1.165, 1.54) is 6.92 Å². The van der Waals surface area contributed by atoms with Crippen LogP contribution >= 0.6 is 0 Å². The Morgan fingerprint density at radius 1 is 1.12 bits per heavy atom. The van der Waals surface area contributed by atoms with Crippen molar-refractivity contribution in [3.05, 3.63) is 48.0 Å². The Labute approximate surface area is 142 Å². The fourth-order valence-corrected chi connectivity index (χ4v) is 4.57. The van der Waals surface area contributed by atoms with Crippen LogP contribution in [-0.2, 0) is 21.4 Å². The molecule has 0 unspecified atom stereocenters. The smallest absolute Gasteiger partial charge is 0.219 e. The Bertz CT molecular complexity index is 840. The number of fused-ring (bicyclic) bond motifs is 1. The number of nitrogens with one attached hydrogen (secondary N) is 1. The SMILES string of the molecule is CC(=O)N1CCC(S(=O)(=O)NCc2ccc3ccccc3c2)CC1. The molecule has 0 aromatic heterocycles. The van der Waals surface area contributed by atoms with E-state index >= 15 is 0 Å². The monoisotopic (exact) mass is 346 g/mol. The lowest BCUT2D eigenvalue weighted by Gasteiger charge is -2.31. The summed E-state index contributed by atoms with van der Waals surface area (Å²) in [6, 6.07) is 14.0. The topological polar surface area (TPSA) is 66.5 Å². The predicted molar refractivity (Wildman–Crippen MR) is 95.0 cm³/mol. The van der Waals surface area contributed by atoms with Crippen LogP contribution in [0.2, 0.25) is 0 Å². The summed E-state index contributed by atoms with van der Waals surface area (Å²) in [6.45, 7) is 2.83. The number of benzene rings is 2. The van der Waals surface area contributed by atoms with Crippen LogP contribution in [0.4, 0.5) is 0 Å². The van der Waals surface area contributed by atoms with E-state index < -0.39 is 15.3 Å². The number of piperidine rings is 1. The molecule has 1 fully saturated rings. The number of rotatable bonds is 4. The van der Waals surface area contributed by atoms with Crippen LogP contribution in [0.3, 0.4) is 0 Å². The minimum Gasteiger partial charge on any atom is -0.343 e. The van der Waals surface area contributed by atoms with Gasteiger partial charge in [0, 0.05) is 26.6 Å². The van der Waals surface area contributed by atoms with Crippen molar-refractivity contribution in [3.63, 3.8) is 0 Å². The zero-order valence-corrected chi connectivity index (χ0v) is 14.6. The van der Waals surface area contributed by atoms with Gasteiger partial charge in [-0.05, 0) is 35.2 Å². The average Bonchev–Trinajstić information content (AvgIpc) is 2.60.